The van der Waals surface area contributed by atoms with E-state index < -0.39 is 4.92 Å². The standard InChI is InChI=1S/C14H15N3O4/c1-7(2)10-6-15-12-9-5-8(17(19)20)3-4-11(9)21-13(12)14(18)16-10/h3-5,7,10,15H,6H2,1-2H3,(H,16,18)/t10-/m1/s1. The Labute approximate surface area is 120 Å². The number of carbonyl (C=O) groups is 1. The minimum absolute atomic E-state index is 0.0196. The van der Waals surface area contributed by atoms with Gasteiger partial charge in [-0.05, 0) is 12.0 Å². The smallest absolute Gasteiger partial charge is 0.289 e. The Morgan fingerprint density at radius 2 is 2.19 bits per heavy atom. The number of amides is 1. The summed E-state index contributed by atoms with van der Waals surface area (Å²) in [4.78, 5) is 22.6. The number of non-ortho nitro benzene ring substituents is 1. The van der Waals surface area contributed by atoms with E-state index in [0.717, 1.165) is 0 Å². The molecule has 0 radical (unpaired) electrons. The van der Waals surface area contributed by atoms with Crippen LogP contribution in [0, 0.1) is 16.0 Å². The van der Waals surface area contributed by atoms with E-state index in [0.29, 0.717) is 23.2 Å². The van der Waals surface area contributed by atoms with Gasteiger partial charge in [-0.3, -0.25) is 14.9 Å². The minimum atomic E-state index is -0.466. The summed E-state index contributed by atoms with van der Waals surface area (Å²) in [5, 5.41) is 17.5. The van der Waals surface area contributed by atoms with Crippen LogP contribution in [0.5, 0.6) is 0 Å². The molecule has 0 fully saturated rings. The SMILES string of the molecule is CC(C)[C@H]1CNc2c(oc3ccc([N+](=O)[O-])cc23)C(=O)N1. The van der Waals surface area contributed by atoms with E-state index in [1.165, 1.54) is 18.2 Å². The minimum Gasteiger partial charge on any atom is -0.449 e. The molecule has 2 aromatic rings. The topological polar surface area (TPSA) is 97.4 Å². The summed E-state index contributed by atoms with van der Waals surface area (Å²) in [6.07, 6.45) is 0. The van der Waals surface area contributed by atoms with E-state index in [9.17, 15) is 14.9 Å². The molecule has 1 aromatic heterocycles. The zero-order chi connectivity index (χ0) is 15.1. The van der Waals surface area contributed by atoms with Crippen LogP contribution in [0.2, 0.25) is 0 Å². The van der Waals surface area contributed by atoms with E-state index >= 15 is 0 Å². The van der Waals surface area contributed by atoms with Crippen LogP contribution in [-0.4, -0.2) is 23.4 Å². The molecule has 7 nitrogen and oxygen atoms in total. The number of anilines is 1. The maximum Gasteiger partial charge on any atom is 0.289 e. The van der Waals surface area contributed by atoms with Gasteiger partial charge in [0, 0.05) is 24.7 Å². The van der Waals surface area contributed by atoms with Crippen molar-refractivity contribution < 1.29 is 14.1 Å². The highest BCUT2D eigenvalue weighted by atomic mass is 16.6. The van der Waals surface area contributed by atoms with Crippen molar-refractivity contribution in [1.82, 2.24) is 5.32 Å². The van der Waals surface area contributed by atoms with Crippen LogP contribution >= 0.6 is 0 Å². The molecule has 0 saturated carbocycles. The summed E-state index contributed by atoms with van der Waals surface area (Å²) in [6.45, 7) is 4.58. The predicted octanol–water partition coefficient (Wildman–Crippen LogP) is 2.52. The number of hydrogen-bond donors (Lipinski definition) is 2. The molecule has 1 atom stereocenters. The summed E-state index contributed by atoms with van der Waals surface area (Å²) < 4.78 is 5.55. The summed E-state index contributed by atoms with van der Waals surface area (Å²) >= 11 is 0. The van der Waals surface area contributed by atoms with Crippen LogP contribution < -0.4 is 10.6 Å². The van der Waals surface area contributed by atoms with Crippen molar-refractivity contribution in [3.8, 4) is 0 Å². The fourth-order valence-corrected chi connectivity index (χ4v) is 2.43. The van der Waals surface area contributed by atoms with Gasteiger partial charge in [-0.1, -0.05) is 13.8 Å². The van der Waals surface area contributed by atoms with Crippen LogP contribution in [0.1, 0.15) is 24.4 Å². The third-order valence-corrected chi connectivity index (χ3v) is 3.71. The highest BCUT2D eigenvalue weighted by Crippen LogP contribution is 2.34. The van der Waals surface area contributed by atoms with Crippen molar-refractivity contribution in [2.24, 2.45) is 5.92 Å². The molecule has 110 valence electrons. The van der Waals surface area contributed by atoms with Crippen LogP contribution in [0.25, 0.3) is 11.0 Å². The molecule has 1 aromatic carbocycles. The van der Waals surface area contributed by atoms with Gasteiger partial charge in [-0.25, -0.2) is 0 Å². The number of nitro benzene ring substituents is 1. The Kier molecular flexibility index (Phi) is 3.04. The zero-order valence-corrected chi connectivity index (χ0v) is 11.7. The van der Waals surface area contributed by atoms with Crippen molar-refractivity contribution in [3.05, 3.63) is 34.1 Å². The fraction of sp³-hybridized carbons (Fsp3) is 0.357. The first-order valence-corrected chi connectivity index (χ1v) is 6.73. The maximum atomic E-state index is 12.2. The molecule has 0 saturated heterocycles. The zero-order valence-electron chi connectivity index (χ0n) is 11.7. The van der Waals surface area contributed by atoms with E-state index in [1.54, 1.807) is 0 Å². The van der Waals surface area contributed by atoms with Gasteiger partial charge >= 0.3 is 0 Å². The van der Waals surface area contributed by atoms with Gasteiger partial charge in [0.1, 0.15) is 5.58 Å². The first-order chi connectivity index (χ1) is 9.97. The van der Waals surface area contributed by atoms with Crippen LogP contribution in [0.3, 0.4) is 0 Å². The molecule has 1 aliphatic rings. The van der Waals surface area contributed by atoms with Gasteiger partial charge in [0.25, 0.3) is 11.6 Å². The Hall–Kier alpha value is -2.57. The average Bonchev–Trinajstić information content (AvgIpc) is 2.72. The number of nitro groups is 1. The number of benzene rings is 1. The Balaban J connectivity index is 2.10. The van der Waals surface area contributed by atoms with Crippen molar-refractivity contribution in [2.45, 2.75) is 19.9 Å². The van der Waals surface area contributed by atoms with Crippen LogP contribution in [0.15, 0.2) is 22.6 Å². The van der Waals surface area contributed by atoms with Gasteiger partial charge in [0.2, 0.25) is 5.76 Å². The number of hydrogen-bond acceptors (Lipinski definition) is 5. The molecule has 2 N–H and O–H groups in total. The van der Waals surface area contributed by atoms with Gasteiger partial charge in [0.05, 0.1) is 16.0 Å². The molecule has 0 aliphatic carbocycles. The summed E-state index contributed by atoms with van der Waals surface area (Å²) in [5.74, 6) is 0.146. The molecular formula is C14H15N3O4. The monoisotopic (exact) mass is 289 g/mol. The lowest BCUT2D eigenvalue weighted by atomic mass is 10.0. The number of nitrogens with zero attached hydrogens (tertiary/aromatic N) is 1. The lowest BCUT2D eigenvalue weighted by Gasteiger charge is -2.19. The first kappa shape index (κ1) is 13.4. The normalized spacial score (nSPS) is 18.0. The second-order valence-corrected chi connectivity index (χ2v) is 5.45. The molecule has 2 heterocycles. The van der Waals surface area contributed by atoms with E-state index in [2.05, 4.69) is 10.6 Å². The van der Waals surface area contributed by atoms with Gasteiger partial charge in [0.15, 0.2) is 0 Å². The van der Waals surface area contributed by atoms with Crippen molar-refractivity contribution >= 4 is 28.3 Å². The van der Waals surface area contributed by atoms with Crippen LogP contribution in [-0.2, 0) is 0 Å². The summed E-state index contributed by atoms with van der Waals surface area (Å²) in [6, 6.07) is 4.28. The maximum absolute atomic E-state index is 12.2. The third kappa shape index (κ3) is 2.20. The molecular weight excluding hydrogens is 274 g/mol. The highest BCUT2D eigenvalue weighted by Gasteiger charge is 2.28. The fourth-order valence-electron chi connectivity index (χ4n) is 2.43. The number of furan rings is 1. The summed E-state index contributed by atoms with van der Waals surface area (Å²) in [7, 11) is 0. The molecule has 1 amide bonds. The molecule has 0 unspecified atom stereocenters. The first-order valence-electron chi connectivity index (χ1n) is 6.73. The second-order valence-electron chi connectivity index (χ2n) is 5.45. The predicted molar refractivity (Wildman–Crippen MR) is 77.5 cm³/mol. The number of carbonyl (C=O) groups excluding carboxylic acids is 1. The van der Waals surface area contributed by atoms with Gasteiger partial charge < -0.3 is 15.1 Å². The molecule has 3 rings (SSSR count). The average molecular weight is 289 g/mol. The van der Waals surface area contributed by atoms with Gasteiger partial charge in [-0.15, -0.1) is 0 Å². The summed E-state index contributed by atoms with van der Waals surface area (Å²) in [5.41, 5.74) is 0.948. The van der Waals surface area contributed by atoms with Gasteiger partial charge in [-0.2, -0.15) is 0 Å². The van der Waals surface area contributed by atoms with Crippen LogP contribution in [0.4, 0.5) is 11.4 Å². The Morgan fingerprint density at radius 1 is 1.43 bits per heavy atom. The Bertz CT molecular complexity index is 735. The van der Waals surface area contributed by atoms with Crippen molar-refractivity contribution in [3.63, 3.8) is 0 Å². The third-order valence-electron chi connectivity index (χ3n) is 3.71. The van der Waals surface area contributed by atoms with E-state index in [-0.39, 0.29) is 29.3 Å². The largest absolute Gasteiger partial charge is 0.449 e. The number of nitrogens with one attached hydrogen (secondary N) is 2. The lowest BCUT2D eigenvalue weighted by molar-refractivity contribution is -0.384. The Morgan fingerprint density at radius 3 is 2.86 bits per heavy atom. The van der Waals surface area contributed by atoms with E-state index in [1.807, 2.05) is 13.8 Å². The lowest BCUT2D eigenvalue weighted by Crippen LogP contribution is -2.40. The van der Waals surface area contributed by atoms with E-state index in [4.69, 9.17) is 4.42 Å². The van der Waals surface area contributed by atoms with Crippen molar-refractivity contribution in [2.75, 3.05) is 11.9 Å². The van der Waals surface area contributed by atoms with Crippen molar-refractivity contribution in [1.29, 1.82) is 0 Å². The second kappa shape index (κ2) is 4.76. The molecule has 7 heteroatoms. The highest BCUT2D eigenvalue weighted by molar-refractivity contribution is 6.07. The molecule has 0 spiro atoms. The quantitative estimate of drug-likeness (QED) is 0.654. The molecule has 21 heavy (non-hydrogen) atoms. The molecule has 0 bridgehead atoms. The number of fused-ring (bicyclic) bond motifs is 3. The number of rotatable bonds is 2. The molecule has 1 aliphatic heterocycles.